The number of hydrogen-bond acceptors (Lipinski definition) is 10. The Balaban J connectivity index is 1.36. The first-order chi connectivity index (χ1) is 23.2. The van der Waals surface area contributed by atoms with Crippen LogP contribution in [0.3, 0.4) is 0 Å². The second-order valence-electron chi connectivity index (χ2n) is 12.3. The van der Waals surface area contributed by atoms with Gasteiger partial charge in [0, 0.05) is 43.7 Å². The Hall–Kier alpha value is -5.01. The number of fused-ring (bicyclic) bond motifs is 2. The standard InChI is InChI=1S/C34H43N7O7/c1-4-47-33(45)34(19-23-7-8-23)20-24-9-14-27(46-3)28(18-24)48-21-30(43)35-15-17-41(16-5-6-29(42)36-22-34)32(44)26-12-10-25(11-13-26)31-37-39-40(2)38-31/h9-14,18,23H,4-8,15-17,19-22H2,1-3H3,(H,35,43)(H,36,42). The second kappa shape index (κ2) is 15.7. The normalized spacial score (nSPS) is 19.6. The van der Waals surface area contributed by atoms with Crippen LogP contribution in [0, 0.1) is 11.3 Å². The highest BCUT2D eigenvalue weighted by Gasteiger charge is 2.45. The van der Waals surface area contributed by atoms with Gasteiger partial charge in [-0.1, -0.05) is 31.0 Å². The summed E-state index contributed by atoms with van der Waals surface area (Å²) < 4.78 is 16.9. The zero-order valence-electron chi connectivity index (χ0n) is 27.7. The van der Waals surface area contributed by atoms with Crippen LogP contribution in [0.5, 0.6) is 11.5 Å². The van der Waals surface area contributed by atoms with Gasteiger partial charge in [0.2, 0.25) is 11.7 Å². The van der Waals surface area contributed by atoms with Gasteiger partial charge in [0.05, 0.1) is 26.2 Å². The van der Waals surface area contributed by atoms with Crippen LogP contribution in [-0.2, 0) is 32.6 Å². The quantitative estimate of drug-likeness (QED) is 0.359. The molecule has 2 aromatic carbocycles. The number of nitrogens with one attached hydrogen (secondary N) is 2. The zero-order chi connectivity index (χ0) is 34.1. The Morgan fingerprint density at radius 1 is 1.06 bits per heavy atom. The van der Waals surface area contributed by atoms with Gasteiger partial charge in [-0.2, -0.15) is 4.80 Å². The summed E-state index contributed by atoms with van der Waals surface area (Å²) in [5, 5.41) is 17.9. The number of ether oxygens (including phenoxy) is 3. The van der Waals surface area contributed by atoms with Crippen molar-refractivity contribution < 1.29 is 33.4 Å². The molecular weight excluding hydrogens is 618 g/mol. The molecule has 48 heavy (non-hydrogen) atoms. The van der Waals surface area contributed by atoms with Crippen LogP contribution >= 0.6 is 0 Å². The summed E-state index contributed by atoms with van der Waals surface area (Å²) >= 11 is 0. The highest BCUT2D eigenvalue weighted by Crippen LogP contribution is 2.43. The number of amides is 3. The number of tetrazole rings is 1. The van der Waals surface area contributed by atoms with E-state index in [1.165, 1.54) is 11.9 Å². The second-order valence-corrected chi connectivity index (χ2v) is 12.3. The van der Waals surface area contributed by atoms with E-state index >= 15 is 0 Å². The lowest BCUT2D eigenvalue weighted by atomic mass is 9.76. The number of benzene rings is 2. The number of nitrogens with zero attached hydrogens (tertiary/aromatic N) is 5. The third-order valence-corrected chi connectivity index (χ3v) is 8.56. The van der Waals surface area contributed by atoms with Gasteiger partial charge in [0.25, 0.3) is 11.8 Å². The summed E-state index contributed by atoms with van der Waals surface area (Å²) in [4.78, 5) is 56.2. The molecule has 5 rings (SSSR count). The first-order valence-electron chi connectivity index (χ1n) is 16.3. The topological polar surface area (TPSA) is 167 Å². The molecule has 3 aromatic rings. The third-order valence-electron chi connectivity index (χ3n) is 8.56. The molecule has 1 fully saturated rings. The number of aromatic nitrogens is 4. The minimum absolute atomic E-state index is 0.113. The maximum absolute atomic E-state index is 13.6. The molecule has 0 spiro atoms. The molecule has 14 heteroatoms. The number of methoxy groups -OCH3 is 1. The highest BCUT2D eigenvalue weighted by atomic mass is 16.5. The summed E-state index contributed by atoms with van der Waals surface area (Å²) in [6.07, 6.45) is 3.45. The molecule has 0 saturated heterocycles. The number of carbonyl (C=O) groups excluding carboxylic acids is 4. The van der Waals surface area contributed by atoms with Gasteiger partial charge in [0.1, 0.15) is 0 Å². The number of rotatable bonds is 7. The molecule has 1 unspecified atom stereocenters. The van der Waals surface area contributed by atoms with E-state index in [9.17, 15) is 19.2 Å². The lowest BCUT2D eigenvalue weighted by Gasteiger charge is -2.32. The van der Waals surface area contributed by atoms with Crippen LogP contribution in [0.1, 0.15) is 54.9 Å². The summed E-state index contributed by atoms with van der Waals surface area (Å²) in [6.45, 7) is 2.50. The maximum Gasteiger partial charge on any atom is 0.314 e. The summed E-state index contributed by atoms with van der Waals surface area (Å²) in [7, 11) is 3.18. The maximum atomic E-state index is 13.6. The first-order valence-corrected chi connectivity index (χ1v) is 16.3. The molecule has 3 amide bonds. The smallest absolute Gasteiger partial charge is 0.314 e. The Labute approximate surface area is 279 Å². The van der Waals surface area contributed by atoms with Crippen molar-refractivity contribution in [3.63, 3.8) is 0 Å². The van der Waals surface area contributed by atoms with E-state index in [1.807, 2.05) is 6.07 Å². The minimum atomic E-state index is -0.990. The van der Waals surface area contributed by atoms with Crippen LogP contribution in [-0.4, -0.2) is 95.3 Å². The van der Waals surface area contributed by atoms with E-state index in [2.05, 4.69) is 26.0 Å². The SMILES string of the molecule is CCOC(=O)C1(CC2CC2)CNC(=O)CCCN(C(=O)c2ccc(-c3nnn(C)n3)cc2)CCNC(=O)COc2cc(ccc2OC)C1. The molecular formula is C34H43N7O7. The summed E-state index contributed by atoms with van der Waals surface area (Å²) in [6, 6.07) is 12.2. The van der Waals surface area contributed by atoms with Gasteiger partial charge < -0.3 is 29.7 Å². The van der Waals surface area contributed by atoms with Gasteiger partial charge in [-0.3, -0.25) is 19.2 Å². The molecule has 256 valence electrons. The van der Waals surface area contributed by atoms with Gasteiger partial charge in [-0.25, -0.2) is 0 Å². The van der Waals surface area contributed by atoms with Crippen molar-refractivity contribution >= 4 is 23.7 Å². The Morgan fingerprint density at radius 2 is 1.85 bits per heavy atom. The van der Waals surface area contributed by atoms with Crippen molar-refractivity contribution in [1.29, 1.82) is 0 Å². The molecule has 2 heterocycles. The van der Waals surface area contributed by atoms with E-state index in [0.29, 0.717) is 53.6 Å². The van der Waals surface area contributed by atoms with Crippen molar-refractivity contribution in [1.82, 2.24) is 35.7 Å². The predicted octanol–water partition coefficient (Wildman–Crippen LogP) is 2.33. The van der Waals surface area contributed by atoms with Gasteiger partial charge >= 0.3 is 5.97 Å². The third kappa shape index (κ3) is 8.87. The first kappa shape index (κ1) is 34.3. The Kier molecular flexibility index (Phi) is 11.2. The molecule has 2 N–H and O–H groups in total. The lowest BCUT2D eigenvalue weighted by Crippen LogP contribution is -2.46. The van der Waals surface area contributed by atoms with Gasteiger partial charge in [-0.05, 0) is 67.1 Å². The van der Waals surface area contributed by atoms with Crippen molar-refractivity contribution in [2.24, 2.45) is 18.4 Å². The van der Waals surface area contributed by atoms with Crippen molar-refractivity contribution in [2.45, 2.75) is 45.4 Å². The fourth-order valence-electron chi connectivity index (χ4n) is 5.90. The molecule has 1 aliphatic carbocycles. The van der Waals surface area contributed by atoms with E-state index in [4.69, 9.17) is 14.2 Å². The van der Waals surface area contributed by atoms with Crippen LogP contribution < -0.4 is 20.1 Å². The molecule has 1 atom stereocenters. The molecule has 14 nitrogen and oxygen atoms in total. The number of aryl methyl sites for hydroxylation is 1. The number of carbonyl (C=O) groups is 4. The van der Waals surface area contributed by atoms with Crippen LogP contribution in [0.4, 0.5) is 0 Å². The predicted molar refractivity (Wildman–Crippen MR) is 174 cm³/mol. The number of hydrogen-bond donors (Lipinski definition) is 2. The summed E-state index contributed by atoms with van der Waals surface area (Å²) in [5.74, 6) is 0.410. The van der Waals surface area contributed by atoms with E-state index in [0.717, 1.165) is 18.4 Å². The van der Waals surface area contributed by atoms with Gasteiger partial charge in [0.15, 0.2) is 18.1 Å². The van der Waals surface area contributed by atoms with E-state index in [1.54, 1.807) is 55.3 Å². The van der Waals surface area contributed by atoms with Crippen LogP contribution in [0.25, 0.3) is 11.4 Å². The minimum Gasteiger partial charge on any atom is -0.493 e. The molecule has 1 aliphatic heterocycles. The zero-order valence-corrected chi connectivity index (χ0v) is 27.7. The van der Waals surface area contributed by atoms with E-state index in [-0.39, 0.29) is 69.5 Å². The van der Waals surface area contributed by atoms with Gasteiger partial charge in [-0.15, -0.1) is 10.2 Å². The van der Waals surface area contributed by atoms with Crippen molar-refractivity contribution in [3.05, 3.63) is 53.6 Å². The van der Waals surface area contributed by atoms with Crippen molar-refractivity contribution in [2.75, 3.05) is 46.5 Å². The highest BCUT2D eigenvalue weighted by molar-refractivity contribution is 5.94. The Morgan fingerprint density at radius 3 is 2.54 bits per heavy atom. The van der Waals surface area contributed by atoms with E-state index < -0.39 is 5.41 Å². The van der Waals surface area contributed by atoms with Crippen LogP contribution in [0.2, 0.25) is 0 Å². The average molecular weight is 662 g/mol. The average Bonchev–Trinajstić information content (AvgIpc) is 3.80. The molecule has 1 aromatic heterocycles. The fraction of sp³-hybridized carbons (Fsp3) is 0.500. The number of esters is 1. The largest absolute Gasteiger partial charge is 0.493 e. The van der Waals surface area contributed by atoms with Crippen LogP contribution in [0.15, 0.2) is 42.5 Å². The molecule has 2 bridgehead atoms. The lowest BCUT2D eigenvalue weighted by molar-refractivity contribution is -0.156. The monoisotopic (exact) mass is 661 g/mol. The molecule has 1 saturated carbocycles. The van der Waals surface area contributed by atoms with Crippen molar-refractivity contribution in [3.8, 4) is 22.9 Å². The molecule has 0 radical (unpaired) electrons. The fourth-order valence-corrected chi connectivity index (χ4v) is 5.90. The summed E-state index contributed by atoms with van der Waals surface area (Å²) in [5.41, 5.74) is 0.961. The Bertz CT molecular complexity index is 1610. The molecule has 2 aliphatic rings.